The molecule has 0 heterocycles. The van der Waals surface area contributed by atoms with Gasteiger partial charge in [0.25, 0.3) is 0 Å². The van der Waals surface area contributed by atoms with Crippen molar-refractivity contribution in [2.75, 3.05) is 13.2 Å². The number of aliphatic hydroxyl groups excluding tert-OH is 2. The standard InChI is InChI=1S/C11H18O2/c1-8-5-11(7-13)3-2-9(8)4-10(11)6-12/h9-10,12-13H,1-7H2/t9-,10-,11-/m0/s1. The van der Waals surface area contributed by atoms with E-state index in [1.54, 1.807) is 0 Å². The fraction of sp³-hybridized carbons (Fsp3) is 0.818. The second-order valence-electron chi connectivity index (χ2n) is 4.71. The minimum atomic E-state index is -0.0272. The van der Waals surface area contributed by atoms with Crippen LogP contribution in [0.2, 0.25) is 0 Å². The zero-order valence-electron chi connectivity index (χ0n) is 8.00. The van der Waals surface area contributed by atoms with Crippen LogP contribution in [0, 0.1) is 17.3 Å². The van der Waals surface area contributed by atoms with Gasteiger partial charge in [-0.1, -0.05) is 12.2 Å². The SMILES string of the molecule is C=C1C[C@]2(CO)CC[C@H]1C[C@H]2CO. The number of aliphatic hydroxyl groups is 2. The van der Waals surface area contributed by atoms with Gasteiger partial charge in [-0.05, 0) is 37.5 Å². The number of fused-ring (bicyclic) bond motifs is 3. The van der Waals surface area contributed by atoms with Gasteiger partial charge in [0, 0.05) is 18.6 Å². The van der Waals surface area contributed by atoms with Crippen LogP contribution in [0.3, 0.4) is 0 Å². The zero-order valence-corrected chi connectivity index (χ0v) is 8.00. The Kier molecular flexibility index (Phi) is 2.20. The summed E-state index contributed by atoms with van der Waals surface area (Å²) in [7, 11) is 0. The van der Waals surface area contributed by atoms with Crippen molar-refractivity contribution in [3.8, 4) is 0 Å². The summed E-state index contributed by atoms with van der Waals surface area (Å²) >= 11 is 0. The van der Waals surface area contributed by atoms with Crippen molar-refractivity contribution in [2.45, 2.75) is 25.7 Å². The van der Waals surface area contributed by atoms with Crippen molar-refractivity contribution in [1.82, 2.24) is 0 Å². The van der Waals surface area contributed by atoms with Gasteiger partial charge in [-0.25, -0.2) is 0 Å². The molecule has 0 spiro atoms. The maximum absolute atomic E-state index is 9.43. The first-order valence-electron chi connectivity index (χ1n) is 5.11. The summed E-state index contributed by atoms with van der Waals surface area (Å²) in [5.74, 6) is 0.923. The molecule has 2 N–H and O–H groups in total. The summed E-state index contributed by atoms with van der Waals surface area (Å²) in [5.41, 5.74) is 1.27. The molecule has 0 unspecified atom stereocenters. The molecule has 0 aromatic rings. The summed E-state index contributed by atoms with van der Waals surface area (Å²) < 4.78 is 0. The molecule has 3 aliphatic rings. The van der Waals surface area contributed by atoms with Gasteiger partial charge in [0.2, 0.25) is 0 Å². The van der Waals surface area contributed by atoms with Crippen molar-refractivity contribution in [3.05, 3.63) is 12.2 Å². The van der Waals surface area contributed by atoms with Crippen LogP contribution in [0.5, 0.6) is 0 Å². The average molecular weight is 182 g/mol. The molecule has 3 aliphatic carbocycles. The predicted octanol–water partition coefficient (Wildman–Crippen LogP) is 1.33. The van der Waals surface area contributed by atoms with Crippen LogP contribution in [-0.4, -0.2) is 23.4 Å². The Balaban J connectivity index is 2.23. The third kappa shape index (κ3) is 1.24. The van der Waals surface area contributed by atoms with Gasteiger partial charge in [0.05, 0.1) is 0 Å². The van der Waals surface area contributed by atoms with Gasteiger partial charge >= 0.3 is 0 Å². The van der Waals surface area contributed by atoms with E-state index in [0.717, 1.165) is 25.7 Å². The Labute approximate surface area is 79.3 Å². The van der Waals surface area contributed by atoms with Crippen molar-refractivity contribution in [3.63, 3.8) is 0 Å². The molecule has 3 fully saturated rings. The number of allylic oxidation sites excluding steroid dienone is 1. The van der Waals surface area contributed by atoms with Crippen LogP contribution in [0.15, 0.2) is 12.2 Å². The lowest BCUT2D eigenvalue weighted by Crippen LogP contribution is -2.46. The summed E-state index contributed by atoms with van der Waals surface area (Å²) in [6, 6.07) is 0. The van der Waals surface area contributed by atoms with Crippen LogP contribution in [0.4, 0.5) is 0 Å². The Morgan fingerprint density at radius 1 is 1.46 bits per heavy atom. The summed E-state index contributed by atoms with van der Waals surface area (Å²) in [4.78, 5) is 0. The van der Waals surface area contributed by atoms with Gasteiger partial charge in [-0.2, -0.15) is 0 Å². The molecule has 2 nitrogen and oxygen atoms in total. The van der Waals surface area contributed by atoms with Gasteiger partial charge in [-0.3, -0.25) is 0 Å². The highest BCUT2D eigenvalue weighted by atomic mass is 16.3. The van der Waals surface area contributed by atoms with E-state index >= 15 is 0 Å². The lowest BCUT2D eigenvalue weighted by atomic mass is 9.54. The highest BCUT2D eigenvalue weighted by Gasteiger charge is 2.48. The van der Waals surface area contributed by atoms with Gasteiger partial charge in [-0.15, -0.1) is 0 Å². The molecule has 3 saturated carbocycles. The second-order valence-corrected chi connectivity index (χ2v) is 4.71. The molecular formula is C11H18O2. The fourth-order valence-corrected chi connectivity index (χ4v) is 3.11. The summed E-state index contributed by atoms with van der Waals surface area (Å²) in [6.45, 7) is 4.50. The van der Waals surface area contributed by atoms with E-state index in [1.807, 2.05) is 0 Å². The lowest BCUT2D eigenvalue weighted by molar-refractivity contribution is -0.0423. The molecule has 3 atom stereocenters. The maximum atomic E-state index is 9.43. The van der Waals surface area contributed by atoms with Crippen molar-refractivity contribution >= 4 is 0 Å². The Morgan fingerprint density at radius 3 is 2.77 bits per heavy atom. The quantitative estimate of drug-likeness (QED) is 0.633. The van der Waals surface area contributed by atoms with Crippen LogP contribution in [0.25, 0.3) is 0 Å². The number of hydrogen-bond donors (Lipinski definition) is 2. The van der Waals surface area contributed by atoms with Gasteiger partial charge < -0.3 is 10.2 Å². The fourth-order valence-electron chi connectivity index (χ4n) is 3.11. The van der Waals surface area contributed by atoms with E-state index < -0.39 is 0 Å². The first-order valence-corrected chi connectivity index (χ1v) is 5.11. The highest BCUT2D eigenvalue weighted by molar-refractivity contribution is 5.16. The molecule has 0 saturated heterocycles. The second kappa shape index (κ2) is 3.10. The largest absolute Gasteiger partial charge is 0.396 e. The summed E-state index contributed by atoms with van der Waals surface area (Å²) in [5, 5.41) is 18.7. The zero-order chi connectivity index (χ0) is 9.47. The summed E-state index contributed by atoms with van der Waals surface area (Å²) in [6.07, 6.45) is 4.20. The Hall–Kier alpha value is -0.340. The predicted molar refractivity (Wildman–Crippen MR) is 51.2 cm³/mol. The molecule has 2 bridgehead atoms. The molecule has 3 rings (SSSR count). The molecule has 0 radical (unpaired) electrons. The lowest BCUT2D eigenvalue weighted by Gasteiger charge is -2.52. The highest BCUT2D eigenvalue weighted by Crippen LogP contribution is 2.55. The van der Waals surface area contributed by atoms with Gasteiger partial charge in [0.1, 0.15) is 0 Å². The first kappa shape index (κ1) is 9.22. The number of hydrogen-bond acceptors (Lipinski definition) is 2. The topological polar surface area (TPSA) is 40.5 Å². The maximum Gasteiger partial charge on any atom is 0.0494 e. The molecule has 2 heteroatoms. The normalized spacial score (nSPS) is 44.0. The molecule has 0 aromatic carbocycles. The smallest absolute Gasteiger partial charge is 0.0494 e. The molecule has 13 heavy (non-hydrogen) atoms. The van der Waals surface area contributed by atoms with E-state index in [2.05, 4.69) is 6.58 Å². The van der Waals surface area contributed by atoms with Crippen molar-refractivity contribution < 1.29 is 10.2 Å². The minimum Gasteiger partial charge on any atom is -0.396 e. The molecule has 0 amide bonds. The molecule has 74 valence electrons. The Morgan fingerprint density at radius 2 is 2.23 bits per heavy atom. The van der Waals surface area contributed by atoms with Crippen molar-refractivity contribution in [2.24, 2.45) is 17.3 Å². The van der Waals surface area contributed by atoms with E-state index in [4.69, 9.17) is 0 Å². The van der Waals surface area contributed by atoms with E-state index in [1.165, 1.54) is 5.57 Å². The number of rotatable bonds is 2. The molecular weight excluding hydrogens is 164 g/mol. The van der Waals surface area contributed by atoms with Crippen LogP contribution >= 0.6 is 0 Å². The monoisotopic (exact) mass is 182 g/mol. The Bertz CT molecular complexity index is 224. The van der Waals surface area contributed by atoms with Crippen LogP contribution < -0.4 is 0 Å². The molecule has 0 aliphatic heterocycles. The van der Waals surface area contributed by atoms with E-state index in [0.29, 0.717) is 11.8 Å². The third-order valence-corrected chi connectivity index (χ3v) is 4.12. The average Bonchev–Trinajstić information content (AvgIpc) is 2.18. The van der Waals surface area contributed by atoms with Crippen molar-refractivity contribution in [1.29, 1.82) is 0 Å². The van der Waals surface area contributed by atoms with E-state index in [-0.39, 0.29) is 18.6 Å². The van der Waals surface area contributed by atoms with Crippen LogP contribution in [-0.2, 0) is 0 Å². The van der Waals surface area contributed by atoms with Crippen LogP contribution in [0.1, 0.15) is 25.7 Å². The van der Waals surface area contributed by atoms with Gasteiger partial charge in [0.15, 0.2) is 0 Å². The third-order valence-electron chi connectivity index (χ3n) is 4.12. The first-order chi connectivity index (χ1) is 6.22. The minimum absolute atomic E-state index is 0.0272. The van der Waals surface area contributed by atoms with E-state index in [9.17, 15) is 10.2 Å². The molecule has 0 aromatic heterocycles.